The van der Waals surface area contributed by atoms with Crippen molar-refractivity contribution >= 4 is 5.97 Å². The second-order valence-corrected chi connectivity index (χ2v) is 6.31. The van der Waals surface area contributed by atoms with Gasteiger partial charge in [0.05, 0.1) is 6.54 Å². The highest BCUT2D eigenvalue weighted by Crippen LogP contribution is 2.38. The maximum absolute atomic E-state index is 10.7. The molecule has 0 spiro atoms. The molecular weight excluding hydrogens is 220 g/mol. The van der Waals surface area contributed by atoms with Gasteiger partial charge in [-0.1, -0.05) is 0 Å². The first-order valence-corrected chi connectivity index (χ1v) is 5.97. The molecule has 0 aromatic carbocycles. The smallest absolute Gasteiger partial charge is 0.317 e. The molecule has 100 valence electrons. The molecule has 0 radical (unpaired) electrons. The van der Waals surface area contributed by atoms with E-state index in [1.54, 1.807) is 0 Å². The SMILES string of the molecule is CN(CC(=O)O)C1CC(C)(C)N(O)C(C)(C)C1. The minimum absolute atomic E-state index is 0.0439. The van der Waals surface area contributed by atoms with Gasteiger partial charge in [-0.15, -0.1) is 0 Å². The third-order valence-electron chi connectivity index (χ3n) is 3.63. The van der Waals surface area contributed by atoms with Gasteiger partial charge in [-0.25, -0.2) is 0 Å². The van der Waals surface area contributed by atoms with Gasteiger partial charge in [0.15, 0.2) is 0 Å². The Bertz CT molecular complexity index is 284. The van der Waals surface area contributed by atoms with Crippen LogP contribution >= 0.6 is 0 Å². The average molecular weight is 244 g/mol. The Labute approximate surface area is 103 Å². The summed E-state index contributed by atoms with van der Waals surface area (Å²) in [6.45, 7) is 7.97. The molecule has 1 aliphatic rings. The molecule has 1 aliphatic heterocycles. The van der Waals surface area contributed by atoms with E-state index in [-0.39, 0.29) is 23.7 Å². The van der Waals surface area contributed by atoms with Gasteiger partial charge < -0.3 is 10.3 Å². The van der Waals surface area contributed by atoms with Gasteiger partial charge in [-0.05, 0) is 47.6 Å². The van der Waals surface area contributed by atoms with E-state index in [1.807, 2.05) is 39.6 Å². The lowest BCUT2D eigenvalue weighted by Crippen LogP contribution is -2.62. The number of piperidine rings is 1. The first kappa shape index (κ1) is 14.4. The van der Waals surface area contributed by atoms with Gasteiger partial charge in [0.2, 0.25) is 0 Å². The average Bonchev–Trinajstić information content (AvgIpc) is 2.11. The van der Waals surface area contributed by atoms with Crippen molar-refractivity contribution in [2.45, 2.75) is 57.7 Å². The highest BCUT2D eigenvalue weighted by molar-refractivity contribution is 5.69. The van der Waals surface area contributed by atoms with Gasteiger partial charge in [0.25, 0.3) is 0 Å². The van der Waals surface area contributed by atoms with Crippen molar-refractivity contribution < 1.29 is 15.1 Å². The van der Waals surface area contributed by atoms with Crippen LogP contribution < -0.4 is 0 Å². The van der Waals surface area contributed by atoms with Gasteiger partial charge in [0.1, 0.15) is 0 Å². The number of carboxylic acids is 1. The van der Waals surface area contributed by atoms with Crippen molar-refractivity contribution in [2.75, 3.05) is 13.6 Å². The van der Waals surface area contributed by atoms with Crippen LogP contribution in [0.1, 0.15) is 40.5 Å². The van der Waals surface area contributed by atoms with Gasteiger partial charge >= 0.3 is 5.97 Å². The van der Waals surface area contributed by atoms with E-state index in [2.05, 4.69) is 0 Å². The molecular formula is C12H24N2O3. The Morgan fingerprint density at radius 2 is 1.71 bits per heavy atom. The van der Waals surface area contributed by atoms with Crippen molar-refractivity contribution in [3.05, 3.63) is 0 Å². The van der Waals surface area contributed by atoms with Crippen LogP contribution in [0, 0.1) is 0 Å². The summed E-state index contributed by atoms with van der Waals surface area (Å²) in [5, 5.41) is 20.4. The number of rotatable bonds is 3. The van der Waals surface area contributed by atoms with Crippen molar-refractivity contribution in [2.24, 2.45) is 0 Å². The normalized spacial score (nSPS) is 25.1. The quantitative estimate of drug-likeness (QED) is 0.786. The van der Waals surface area contributed by atoms with Gasteiger partial charge in [-0.2, -0.15) is 5.06 Å². The minimum atomic E-state index is -0.811. The topological polar surface area (TPSA) is 64.0 Å². The number of carbonyl (C=O) groups is 1. The van der Waals surface area contributed by atoms with Crippen LogP contribution in [-0.2, 0) is 4.79 Å². The third-order valence-corrected chi connectivity index (χ3v) is 3.63. The zero-order valence-electron chi connectivity index (χ0n) is 11.4. The summed E-state index contributed by atoms with van der Waals surface area (Å²) >= 11 is 0. The molecule has 0 amide bonds. The molecule has 1 fully saturated rings. The largest absolute Gasteiger partial charge is 0.480 e. The minimum Gasteiger partial charge on any atom is -0.480 e. The van der Waals surface area contributed by atoms with Gasteiger partial charge in [0, 0.05) is 17.1 Å². The summed E-state index contributed by atoms with van der Waals surface area (Å²) in [7, 11) is 1.83. The second-order valence-electron chi connectivity index (χ2n) is 6.31. The van der Waals surface area contributed by atoms with E-state index in [9.17, 15) is 10.0 Å². The number of aliphatic carboxylic acids is 1. The molecule has 1 saturated heterocycles. The maximum atomic E-state index is 10.7. The summed E-state index contributed by atoms with van der Waals surface area (Å²) < 4.78 is 0. The lowest BCUT2D eigenvalue weighted by Gasteiger charge is -2.53. The number of nitrogens with zero attached hydrogens (tertiary/aromatic N) is 2. The number of hydroxylamine groups is 2. The summed E-state index contributed by atoms with van der Waals surface area (Å²) in [5.41, 5.74) is -0.668. The fourth-order valence-corrected chi connectivity index (χ4v) is 2.87. The molecule has 5 nitrogen and oxygen atoms in total. The Morgan fingerprint density at radius 3 is 2.06 bits per heavy atom. The number of carboxylic acid groups (broad SMARTS) is 1. The predicted octanol–water partition coefficient (Wildman–Crippen LogP) is 1.41. The van der Waals surface area contributed by atoms with E-state index in [1.165, 1.54) is 5.06 Å². The fraction of sp³-hybridized carbons (Fsp3) is 0.917. The maximum Gasteiger partial charge on any atom is 0.317 e. The molecule has 0 bridgehead atoms. The third kappa shape index (κ3) is 3.18. The summed E-state index contributed by atoms with van der Waals surface area (Å²) in [4.78, 5) is 12.6. The Morgan fingerprint density at radius 1 is 1.29 bits per heavy atom. The van der Waals surface area contributed by atoms with E-state index in [0.717, 1.165) is 12.8 Å². The Hall–Kier alpha value is -0.650. The molecule has 0 atom stereocenters. The Kier molecular flexibility index (Phi) is 3.86. The van der Waals surface area contributed by atoms with Gasteiger partial charge in [-0.3, -0.25) is 9.69 Å². The fourth-order valence-electron chi connectivity index (χ4n) is 2.87. The number of hydrogen-bond donors (Lipinski definition) is 2. The summed E-state index contributed by atoms with van der Waals surface area (Å²) in [5.74, 6) is -0.811. The zero-order chi connectivity index (χ0) is 13.4. The lowest BCUT2D eigenvalue weighted by molar-refractivity contribution is -0.251. The first-order valence-electron chi connectivity index (χ1n) is 5.97. The number of hydrogen-bond acceptors (Lipinski definition) is 4. The van der Waals surface area contributed by atoms with Crippen LogP contribution in [0.3, 0.4) is 0 Å². The van der Waals surface area contributed by atoms with E-state index < -0.39 is 5.97 Å². The van der Waals surface area contributed by atoms with Crippen molar-refractivity contribution in [1.82, 2.24) is 9.96 Å². The van der Waals surface area contributed by atoms with Crippen molar-refractivity contribution in [3.63, 3.8) is 0 Å². The van der Waals surface area contributed by atoms with Crippen molar-refractivity contribution in [3.8, 4) is 0 Å². The van der Waals surface area contributed by atoms with E-state index >= 15 is 0 Å². The molecule has 0 aromatic heterocycles. The van der Waals surface area contributed by atoms with Crippen LogP contribution in [0.5, 0.6) is 0 Å². The summed E-state index contributed by atoms with van der Waals surface area (Å²) in [6, 6.07) is 0.180. The molecule has 0 unspecified atom stereocenters. The predicted molar refractivity (Wildman–Crippen MR) is 65.1 cm³/mol. The highest BCUT2D eigenvalue weighted by Gasteiger charge is 2.46. The standard InChI is InChI=1S/C12H24N2O3/c1-11(2)6-9(13(5)8-10(15)16)7-12(3,4)14(11)17/h9,17H,6-8H2,1-5H3,(H,15,16). The van der Waals surface area contributed by atoms with Crippen molar-refractivity contribution in [1.29, 1.82) is 0 Å². The molecule has 5 heteroatoms. The summed E-state index contributed by atoms with van der Waals surface area (Å²) in [6.07, 6.45) is 1.52. The first-order chi connectivity index (χ1) is 7.56. The molecule has 1 heterocycles. The molecule has 17 heavy (non-hydrogen) atoms. The molecule has 2 N–H and O–H groups in total. The highest BCUT2D eigenvalue weighted by atomic mass is 16.5. The molecule has 0 aliphatic carbocycles. The zero-order valence-corrected chi connectivity index (χ0v) is 11.4. The van der Waals surface area contributed by atoms with E-state index in [0.29, 0.717) is 0 Å². The van der Waals surface area contributed by atoms with Crippen LogP contribution in [0.25, 0.3) is 0 Å². The van der Waals surface area contributed by atoms with Crippen LogP contribution in [-0.4, -0.2) is 57.0 Å². The van der Waals surface area contributed by atoms with E-state index in [4.69, 9.17) is 5.11 Å². The van der Waals surface area contributed by atoms with Crippen LogP contribution in [0.2, 0.25) is 0 Å². The second kappa shape index (κ2) is 4.55. The molecule has 0 saturated carbocycles. The lowest BCUT2D eigenvalue weighted by atomic mass is 9.78. The number of likely N-dealkylation sites (N-methyl/N-ethyl adjacent to an activating group) is 1. The molecule has 0 aromatic rings. The monoisotopic (exact) mass is 244 g/mol. The molecule has 1 rings (SSSR count). The van der Waals surface area contributed by atoms with Crippen LogP contribution in [0.4, 0.5) is 0 Å². The van der Waals surface area contributed by atoms with Crippen LogP contribution in [0.15, 0.2) is 0 Å². The Balaban J connectivity index is 2.81.